The van der Waals surface area contributed by atoms with Gasteiger partial charge < -0.3 is 5.32 Å². The molecule has 140 valence electrons. The van der Waals surface area contributed by atoms with Crippen molar-refractivity contribution in [3.63, 3.8) is 0 Å². The lowest BCUT2D eigenvalue weighted by molar-refractivity contribution is 0.0939. The van der Waals surface area contributed by atoms with Gasteiger partial charge in [0.05, 0.1) is 4.90 Å². The molecule has 0 aromatic heterocycles. The van der Waals surface area contributed by atoms with Crippen LogP contribution in [0.4, 0.5) is 5.69 Å². The van der Waals surface area contributed by atoms with Crippen LogP contribution in [0.3, 0.4) is 0 Å². The van der Waals surface area contributed by atoms with Gasteiger partial charge in [-0.15, -0.1) is 0 Å². The second-order valence-electron chi connectivity index (χ2n) is 6.69. The summed E-state index contributed by atoms with van der Waals surface area (Å²) in [6, 6.07) is 10.2. The third kappa shape index (κ3) is 4.64. The van der Waals surface area contributed by atoms with Crippen molar-refractivity contribution in [3.05, 3.63) is 58.7 Å². The van der Waals surface area contributed by atoms with Crippen LogP contribution in [0.5, 0.6) is 0 Å². The third-order valence-corrected chi connectivity index (χ3v) is 5.95. The Morgan fingerprint density at radius 2 is 1.58 bits per heavy atom. The predicted molar refractivity (Wildman–Crippen MR) is 105 cm³/mol. The predicted octanol–water partition coefficient (Wildman–Crippen LogP) is 3.94. The summed E-state index contributed by atoms with van der Waals surface area (Å²) in [6.07, 6.45) is 0.846. The van der Waals surface area contributed by atoms with Crippen LogP contribution < -0.4 is 10.0 Å². The number of aryl methyl sites for hydroxylation is 3. The fourth-order valence-corrected chi connectivity index (χ4v) is 4.41. The van der Waals surface area contributed by atoms with Gasteiger partial charge in [0.2, 0.25) is 0 Å². The van der Waals surface area contributed by atoms with Gasteiger partial charge in [0, 0.05) is 17.3 Å². The maximum absolute atomic E-state index is 12.8. The van der Waals surface area contributed by atoms with Crippen LogP contribution in [0.25, 0.3) is 0 Å². The average Bonchev–Trinajstić information content (AvgIpc) is 2.53. The summed E-state index contributed by atoms with van der Waals surface area (Å²) < 4.78 is 28.1. The molecule has 6 heteroatoms. The summed E-state index contributed by atoms with van der Waals surface area (Å²) in [7, 11) is -3.70. The number of benzene rings is 2. The van der Waals surface area contributed by atoms with Gasteiger partial charge in [-0.2, -0.15) is 0 Å². The molecule has 26 heavy (non-hydrogen) atoms. The van der Waals surface area contributed by atoms with Crippen LogP contribution in [-0.2, 0) is 10.0 Å². The van der Waals surface area contributed by atoms with E-state index in [0.717, 1.165) is 12.0 Å². The smallest absolute Gasteiger partial charge is 0.262 e. The Hall–Kier alpha value is -2.34. The number of sulfonamides is 1. The molecule has 0 heterocycles. The zero-order valence-electron chi connectivity index (χ0n) is 15.9. The standard InChI is InChI=1S/C20H26N2O3S/c1-6-16(5)21-20(23)17-7-9-18(10-8-17)22-26(24,25)19-14(3)11-13(2)12-15(19)4/h7-12,16,22H,6H2,1-5H3,(H,21,23). The number of nitrogens with one attached hydrogen (secondary N) is 2. The minimum atomic E-state index is -3.70. The van der Waals surface area contributed by atoms with Gasteiger partial charge in [0.15, 0.2) is 0 Å². The summed E-state index contributed by atoms with van der Waals surface area (Å²) in [4.78, 5) is 12.4. The zero-order valence-corrected chi connectivity index (χ0v) is 16.7. The molecule has 2 aromatic rings. The van der Waals surface area contributed by atoms with Crippen LogP contribution in [-0.4, -0.2) is 20.4 Å². The summed E-state index contributed by atoms with van der Waals surface area (Å²) in [5.41, 5.74) is 3.36. The Morgan fingerprint density at radius 3 is 2.08 bits per heavy atom. The Bertz CT molecular complexity index is 880. The Balaban J connectivity index is 2.22. The van der Waals surface area contributed by atoms with Crippen molar-refractivity contribution >= 4 is 21.6 Å². The first-order chi connectivity index (χ1) is 12.1. The highest BCUT2D eigenvalue weighted by molar-refractivity contribution is 7.92. The average molecular weight is 375 g/mol. The van der Waals surface area contributed by atoms with E-state index < -0.39 is 10.0 Å². The molecule has 0 aliphatic heterocycles. The van der Waals surface area contributed by atoms with Crippen LogP contribution in [0, 0.1) is 20.8 Å². The number of carbonyl (C=O) groups excluding carboxylic acids is 1. The van der Waals surface area contributed by atoms with Gasteiger partial charge in [-0.25, -0.2) is 8.42 Å². The van der Waals surface area contributed by atoms with E-state index in [9.17, 15) is 13.2 Å². The molecule has 0 bridgehead atoms. The summed E-state index contributed by atoms with van der Waals surface area (Å²) in [5, 5.41) is 2.88. The molecule has 0 fully saturated rings. The second-order valence-corrected chi connectivity index (χ2v) is 8.31. The van der Waals surface area contributed by atoms with E-state index in [1.807, 2.05) is 32.9 Å². The number of amides is 1. The molecule has 1 atom stereocenters. The highest BCUT2D eigenvalue weighted by Crippen LogP contribution is 2.24. The lowest BCUT2D eigenvalue weighted by Crippen LogP contribution is -2.31. The fraction of sp³-hybridized carbons (Fsp3) is 0.350. The van der Waals surface area contributed by atoms with Gasteiger partial charge in [0.1, 0.15) is 0 Å². The van der Waals surface area contributed by atoms with E-state index in [1.165, 1.54) is 0 Å². The minimum absolute atomic E-state index is 0.0909. The number of hydrogen-bond acceptors (Lipinski definition) is 3. The molecular weight excluding hydrogens is 348 g/mol. The Morgan fingerprint density at radius 1 is 1.04 bits per heavy atom. The topological polar surface area (TPSA) is 75.3 Å². The van der Waals surface area contributed by atoms with Crippen LogP contribution in [0.1, 0.15) is 47.3 Å². The molecule has 2 aromatic carbocycles. The van der Waals surface area contributed by atoms with Crippen LogP contribution in [0.2, 0.25) is 0 Å². The molecule has 1 unspecified atom stereocenters. The molecule has 0 aliphatic carbocycles. The first kappa shape index (κ1) is 20.0. The maximum Gasteiger partial charge on any atom is 0.262 e. The highest BCUT2D eigenvalue weighted by Gasteiger charge is 2.20. The van der Waals surface area contributed by atoms with E-state index in [-0.39, 0.29) is 11.9 Å². The zero-order chi connectivity index (χ0) is 19.5. The highest BCUT2D eigenvalue weighted by atomic mass is 32.2. The van der Waals surface area contributed by atoms with Crippen molar-refractivity contribution in [1.82, 2.24) is 5.32 Å². The molecule has 0 spiro atoms. The first-order valence-electron chi connectivity index (χ1n) is 8.65. The molecule has 2 rings (SSSR count). The normalized spacial score (nSPS) is 12.5. The van der Waals surface area contributed by atoms with Crippen molar-refractivity contribution in [2.24, 2.45) is 0 Å². The summed E-state index contributed by atoms with van der Waals surface area (Å²) in [6.45, 7) is 9.45. The Kier molecular flexibility index (Phi) is 6.08. The molecular formula is C20H26N2O3S. The van der Waals surface area contributed by atoms with Crippen molar-refractivity contribution < 1.29 is 13.2 Å². The van der Waals surface area contributed by atoms with Gasteiger partial charge in [0.25, 0.3) is 15.9 Å². The monoisotopic (exact) mass is 374 g/mol. The Labute approximate surface area is 155 Å². The minimum Gasteiger partial charge on any atom is -0.350 e. The second kappa shape index (κ2) is 7.91. The van der Waals surface area contributed by atoms with E-state index in [0.29, 0.717) is 27.3 Å². The molecule has 0 saturated carbocycles. The van der Waals surface area contributed by atoms with Crippen molar-refractivity contribution in [1.29, 1.82) is 0 Å². The molecule has 1 amide bonds. The maximum atomic E-state index is 12.8. The van der Waals surface area contributed by atoms with Crippen LogP contribution >= 0.6 is 0 Å². The molecule has 5 nitrogen and oxygen atoms in total. The third-order valence-electron chi connectivity index (χ3n) is 4.26. The van der Waals surface area contributed by atoms with Crippen LogP contribution in [0.15, 0.2) is 41.3 Å². The number of rotatable bonds is 6. The quantitative estimate of drug-likeness (QED) is 0.804. The van der Waals surface area contributed by atoms with E-state index in [1.54, 1.807) is 38.1 Å². The van der Waals surface area contributed by atoms with E-state index >= 15 is 0 Å². The number of carbonyl (C=O) groups is 1. The number of anilines is 1. The van der Waals surface area contributed by atoms with Crippen molar-refractivity contribution in [2.45, 2.75) is 52.0 Å². The number of hydrogen-bond donors (Lipinski definition) is 2. The summed E-state index contributed by atoms with van der Waals surface area (Å²) >= 11 is 0. The lowest BCUT2D eigenvalue weighted by Gasteiger charge is -2.14. The van der Waals surface area contributed by atoms with Crippen molar-refractivity contribution in [2.75, 3.05) is 4.72 Å². The van der Waals surface area contributed by atoms with Gasteiger partial charge in [-0.1, -0.05) is 24.6 Å². The first-order valence-corrected chi connectivity index (χ1v) is 10.1. The van der Waals surface area contributed by atoms with Gasteiger partial charge >= 0.3 is 0 Å². The molecule has 0 aliphatic rings. The van der Waals surface area contributed by atoms with E-state index in [4.69, 9.17) is 0 Å². The van der Waals surface area contributed by atoms with Gasteiger partial charge in [-0.3, -0.25) is 9.52 Å². The van der Waals surface area contributed by atoms with E-state index in [2.05, 4.69) is 10.0 Å². The van der Waals surface area contributed by atoms with Gasteiger partial charge in [-0.05, 0) is 69.5 Å². The summed E-state index contributed by atoms with van der Waals surface area (Å²) in [5.74, 6) is -0.168. The molecule has 0 saturated heterocycles. The fourth-order valence-electron chi connectivity index (χ4n) is 2.90. The van der Waals surface area contributed by atoms with Crippen molar-refractivity contribution in [3.8, 4) is 0 Å². The molecule has 2 N–H and O–H groups in total. The largest absolute Gasteiger partial charge is 0.350 e. The SMILES string of the molecule is CCC(C)NC(=O)c1ccc(NS(=O)(=O)c2c(C)cc(C)cc2C)cc1. The lowest BCUT2D eigenvalue weighted by atomic mass is 10.1. The molecule has 0 radical (unpaired) electrons.